The highest BCUT2D eigenvalue weighted by Crippen LogP contribution is 2.14. The molecule has 3 nitrogen and oxygen atoms in total. The van der Waals surface area contributed by atoms with Crippen molar-refractivity contribution in [3.8, 4) is 6.07 Å². The first-order chi connectivity index (χ1) is 8.31. The lowest BCUT2D eigenvalue weighted by Crippen LogP contribution is -2.19. The van der Waals surface area contributed by atoms with Gasteiger partial charge in [0.15, 0.2) is 6.04 Å². The molecule has 1 N–H and O–H groups in total. The number of rotatable bonds is 4. The summed E-state index contributed by atoms with van der Waals surface area (Å²) in [5, 5.41) is 12.2. The van der Waals surface area contributed by atoms with Crippen molar-refractivity contribution in [1.82, 2.24) is 5.32 Å². The maximum absolute atomic E-state index is 9.07. The number of nitrogens with one attached hydrogen (secondary N) is 1. The van der Waals surface area contributed by atoms with Gasteiger partial charge in [-0.25, -0.2) is 0 Å². The Hall–Kier alpha value is -2.05. The zero-order valence-electron chi connectivity index (χ0n) is 9.68. The van der Waals surface area contributed by atoms with Crippen LogP contribution in [0.2, 0.25) is 0 Å². The average molecular weight is 226 g/mol. The van der Waals surface area contributed by atoms with Gasteiger partial charge in [0, 0.05) is 6.54 Å². The predicted octanol–water partition coefficient (Wildman–Crippen LogP) is 2.94. The van der Waals surface area contributed by atoms with Crippen molar-refractivity contribution in [3.05, 3.63) is 59.5 Å². The van der Waals surface area contributed by atoms with Gasteiger partial charge in [-0.1, -0.05) is 24.3 Å². The number of hydrogen-bond acceptors (Lipinski definition) is 3. The highest BCUT2D eigenvalue weighted by Gasteiger charge is 2.12. The van der Waals surface area contributed by atoms with Gasteiger partial charge in [0.2, 0.25) is 0 Å². The number of hydrogen-bond donors (Lipinski definition) is 1. The minimum Gasteiger partial charge on any atom is -0.467 e. The molecule has 0 bridgehead atoms. The van der Waals surface area contributed by atoms with E-state index in [0.29, 0.717) is 12.3 Å². The summed E-state index contributed by atoms with van der Waals surface area (Å²) in [5.74, 6) is 0.654. The lowest BCUT2D eigenvalue weighted by atomic mass is 10.1. The summed E-state index contributed by atoms with van der Waals surface area (Å²) in [4.78, 5) is 0. The molecule has 0 aliphatic rings. The van der Waals surface area contributed by atoms with Crippen molar-refractivity contribution in [2.24, 2.45) is 0 Å². The fourth-order valence-electron chi connectivity index (χ4n) is 1.69. The molecule has 0 aliphatic heterocycles. The Labute approximate surface area is 101 Å². The number of nitriles is 1. The van der Waals surface area contributed by atoms with Crippen LogP contribution in [0.15, 0.2) is 47.1 Å². The van der Waals surface area contributed by atoms with E-state index < -0.39 is 6.04 Å². The van der Waals surface area contributed by atoms with Gasteiger partial charge in [0.25, 0.3) is 0 Å². The topological polar surface area (TPSA) is 49.0 Å². The van der Waals surface area contributed by atoms with Crippen LogP contribution < -0.4 is 5.32 Å². The van der Waals surface area contributed by atoms with Gasteiger partial charge in [-0.2, -0.15) is 5.26 Å². The van der Waals surface area contributed by atoms with Crippen molar-refractivity contribution < 1.29 is 4.42 Å². The van der Waals surface area contributed by atoms with Crippen LogP contribution >= 0.6 is 0 Å². The Morgan fingerprint density at radius 2 is 2.12 bits per heavy atom. The molecule has 0 aliphatic carbocycles. The molecule has 0 amide bonds. The third kappa shape index (κ3) is 2.74. The molecule has 2 rings (SSSR count). The fourth-order valence-corrected chi connectivity index (χ4v) is 1.69. The van der Waals surface area contributed by atoms with E-state index in [-0.39, 0.29) is 0 Å². The highest BCUT2D eigenvalue weighted by atomic mass is 16.3. The summed E-state index contributed by atoms with van der Waals surface area (Å²) in [6.45, 7) is 2.72. The van der Waals surface area contributed by atoms with Gasteiger partial charge in [-0.3, -0.25) is 5.32 Å². The molecule has 2 aromatic rings. The second-order valence-corrected chi connectivity index (χ2v) is 3.88. The highest BCUT2D eigenvalue weighted by molar-refractivity contribution is 5.26. The standard InChI is InChI=1S/C14H14N2O/c1-11-5-2-3-6-12(11)10-16-13(9-15)14-7-4-8-17-14/h2-8,13,16H,10H2,1H3. The molecule has 0 fully saturated rings. The lowest BCUT2D eigenvalue weighted by molar-refractivity contribution is 0.457. The van der Waals surface area contributed by atoms with Crippen molar-refractivity contribution >= 4 is 0 Å². The zero-order valence-corrected chi connectivity index (χ0v) is 9.68. The van der Waals surface area contributed by atoms with Crippen LogP contribution in [0.1, 0.15) is 22.9 Å². The molecule has 17 heavy (non-hydrogen) atoms. The van der Waals surface area contributed by atoms with Crippen LogP contribution in [0.4, 0.5) is 0 Å². The lowest BCUT2D eigenvalue weighted by Gasteiger charge is -2.10. The molecular formula is C14H14N2O. The Morgan fingerprint density at radius 1 is 1.29 bits per heavy atom. The molecule has 0 spiro atoms. The van der Waals surface area contributed by atoms with Crippen LogP contribution in [0.25, 0.3) is 0 Å². The van der Waals surface area contributed by atoms with E-state index in [9.17, 15) is 0 Å². The maximum atomic E-state index is 9.07. The van der Waals surface area contributed by atoms with Crippen molar-refractivity contribution in [3.63, 3.8) is 0 Å². The molecule has 1 atom stereocenters. The molecule has 1 aromatic carbocycles. The average Bonchev–Trinajstić information content (AvgIpc) is 2.86. The first-order valence-corrected chi connectivity index (χ1v) is 5.52. The third-order valence-corrected chi connectivity index (χ3v) is 2.71. The monoisotopic (exact) mass is 226 g/mol. The summed E-state index contributed by atoms with van der Waals surface area (Å²) in [6, 6.07) is 13.5. The second-order valence-electron chi connectivity index (χ2n) is 3.88. The Morgan fingerprint density at radius 3 is 2.76 bits per heavy atom. The predicted molar refractivity (Wildman–Crippen MR) is 65.1 cm³/mol. The number of aryl methyl sites for hydroxylation is 1. The van der Waals surface area contributed by atoms with E-state index in [1.165, 1.54) is 11.1 Å². The van der Waals surface area contributed by atoms with E-state index in [0.717, 1.165) is 0 Å². The Balaban J connectivity index is 2.03. The van der Waals surface area contributed by atoms with Crippen LogP contribution in [0.3, 0.4) is 0 Å². The van der Waals surface area contributed by atoms with Gasteiger partial charge in [0.1, 0.15) is 5.76 Å². The fraction of sp³-hybridized carbons (Fsp3) is 0.214. The second kappa shape index (κ2) is 5.33. The minimum absolute atomic E-state index is 0.399. The first-order valence-electron chi connectivity index (χ1n) is 5.52. The van der Waals surface area contributed by atoms with Crippen LogP contribution in [-0.2, 0) is 6.54 Å². The molecule has 1 unspecified atom stereocenters. The molecule has 1 heterocycles. The molecule has 0 saturated heterocycles. The van der Waals surface area contributed by atoms with Crippen LogP contribution in [0, 0.1) is 18.3 Å². The number of benzene rings is 1. The first kappa shape index (κ1) is 11.4. The van der Waals surface area contributed by atoms with Gasteiger partial charge in [-0.05, 0) is 30.2 Å². The van der Waals surface area contributed by atoms with Gasteiger partial charge in [-0.15, -0.1) is 0 Å². The summed E-state index contributed by atoms with van der Waals surface area (Å²) in [7, 11) is 0. The zero-order chi connectivity index (χ0) is 12.1. The maximum Gasteiger partial charge on any atom is 0.154 e. The van der Waals surface area contributed by atoms with Crippen molar-refractivity contribution in [1.29, 1.82) is 5.26 Å². The molecule has 0 saturated carbocycles. The minimum atomic E-state index is -0.399. The molecule has 0 radical (unpaired) electrons. The van der Waals surface area contributed by atoms with E-state index in [4.69, 9.17) is 9.68 Å². The Bertz CT molecular complexity index is 511. The van der Waals surface area contributed by atoms with Crippen molar-refractivity contribution in [2.75, 3.05) is 0 Å². The van der Waals surface area contributed by atoms with E-state index in [1.807, 2.05) is 12.1 Å². The molecule has 3 heteroatoms. The van der Waals surface area contributed by atoms with E-state index >= 15 is 0 Å². The summed E-state index contributed by atoms with van der Waals surface area (Å²) in [6.07, 6.45) is 1.58. The number of nitrogens with zero attached hydrogens (tertiary/aromatic N) is 1. The largest absolute Gasteiger partial charge is 0.467 e. The summed E-state index contributed by atoms with van der Waals surface area (Å²) >= 11 is 0. The smallest absolute Gasteiger partial charge is 0.154 e. The SMILES string of the molecule is Cc1ccccc1CNC(C#N)c1ccco1. The van der Waals surface area contributed by atoms with E-state index in [1.54, 1.807) is 18.4 Å². The van der Waals surface area contributed by atoms with Crippen LogP contribution in [-0.4, -0.2) is 0 Å². The number of furan rings is 1. The molecule has 1 aromatic heterocycles. The Kier molecular flexibility index (Phi) is 3.59. The summed E-state index contributed by atoms with van der Waals surface area (Å²) in [5.41, 5.74) is 2.41. The van der Waals surface area contributed by atoms with Crippen LogP contribution in [0.5, 0.6) is 0 Å². The molecular weight excluding hydrogens is 212 g/mol. The third-order valence-electron chi connectivity index (χ3n) is 2.71. The quantitative estimate of drug-likeness (QED) is 0.872. The van der Waals surface area contributed by atoms with Gasteiger partial charge < -0.3 is 4.42 Å². The summed E-state index contributed by atoms with van der Waals surface area (Å²) < 4.78 is 5.22. The normalized spacial score (nSPS) is 12.0. The van der Waals surface area contributed by atoms with Crippen molar-refractivity contribution in [2.45, 2.75) is 19.5 Å². The molecule has 86 valence electrons. The van der Waals surface area contributed by atoms with E-state index in [2.05, 4.69) is 30.4 Å². The van der Waals surface area contributed by atoms with Gasteiger partial charge >= 0.3 is 0 Å². The van der Waals surface area contributed by atoms with Gasteiger partial charge in [0.05, 0.1) is 12.3 Å².